The maximum atomic E-state index is 11.3. The van der Waals surface area contributed by atoms with E-state index in [4.69, 9.17) is 11.0 Å². The topological polar surface area (TPSA) is 66.9 Å². The first-order valence-corrected chi connectivity index (χ1v) is 4.70. The second-order valence-corrected chi connectivity index (χ2v) is 3.03. The van der Waals surface area contributed by atoms with Gasteiger partial charge in [0.15, 0.2) is 5.78 Å². The molecule has 0 atom stereocenters. The van der Waals surface area contributed by atoms with Crippen molar-refractivity contribution in [2.45, 2.75) is 0 Å². The summed E-state index contributed by atoms with van der Waals surface area (Å²) in [4.78, 5) is 11.3. The molecule has 1 rings (SSSR count). The number of benzene rings is 1. The number of halogens is 1. The van der Waals surface area contributed by atoms with Gasteiger partial charge in [0.25, 0.3) is 0 Å². The van der Waals surface area contributed by atoms with Crippen molar-refractivity contribution in [1.29, 1.82) is 5.26 Å². The van der Waals surface area contributed by atoms with Crippen LogP contribution in [0.3, 0.4) is 0 Å². The van der Waals surface area contributed by atoms with Gasteiger partial charge in [-0.15, -0.1) is 0 Å². The standard InChI is InChI=1S/C9H7BrN2O/c10-4-9(13)8-2-1-7(12)3-6(8)5-11/h1-3H,4,12H2. The SMILES string of the molecule is N#Cc1cc(N)ccc1C(=O)CBr. The highest BCUT2D eigenvalue weighted by Gasteiger charge is 2.09. The van der Waals surface area contributed by atoms with Gasteiger partial charge >= 0.3 is 0 Å². The van der Waals surface area contributed by atoms with Crippen LogP contribution in [-0.2, 0) is 0 Å². The molecule has 0 saturated carbocycles. The number of nitrogens with zero attached hydrogens (tertiary/aromatic N) is 1. The van der Waals surface area contributed by atoms with Crippen LogP contribution in [0.1, 0.15) is 15.9 Å². The summed E-state index contributed by atoms with van der Waals surface area (Å²) in [6.07, 6.45) is 0. The quantitative estimate of drug-likeness (QED) is 0.485. The molecule has 0 aliphatic heterocycles. The zero-order valence-corrected chi connectivity index (χ0v) is 8.34. The molecule has 13 heavy (non-hydrogen) atoms. The fourth-order valence-electron chi connectivity index (χ4n) is 0.970. The molecule has 0 aliphatic carbocycles. The third-order valence-electron chi connectivity index (χ3n) is 1.59. The van der Waals surface area contributed by atoms with Gasteiger partial charge in [0.2, 0.25) is 0 Å². The second kappa shape index (κ2) is 4.06. The van der Waals surface area contributed by atoms with Crippen LogP contribution in [0.15, 0.2) is 18.2 Å². The Balaban J connectivity index is 3.23. The summed E-state index contributed by atoms with van der Waals surface area (Å²) < 4.78 is 0. The van der Waals surface area contributed by atoms with Crippen molar-refractivity contribution in [1.82, 2.24) is 0 Å². The van der Waals surface area contributed by atoms with E-state index < -0.39 is 0 Å². The number of anilines is 1. The number of alkyl halides is 1. The maximum absolute atomic E-state index is 11.3. The molecule has 0 spiro atoms. The lowest BCUT2D eigenvalue weighted by atomic mass is 10.0. The summed E-state index contributed by atoms with van der Waals surface area (Å²) in [6.45, 7) is 0. The number of hydrogen-bond acceptors (Lipinski definition) is 3. The average Bonchev–Trinajstić information content (AvgIpc) is 2.16. The summed E-state index contributed by atoms with van der Waals surface area (Å²) in [5.41, 5.74) is 6.69. The molecular formula is C9H7BrN2O. The molecule has 1 aromatic carbocycles. The van der Waals surface area contributed by atoms with E-state index in [9.17, 15) is 4.79 Å². The van der Waals surface area contributed by atoms with Crippen molar-refractivity contribution in [2.24, 2.45) is 0 Å². The Labute approximate surface area is 84.3 Å². The molecule has 0 unspecified atom stereocenters. The molecule has 66 valence electrons. The van der Waals surface area contributed by atoms with Crippen LogP contribution in [-0.4, -0.2) is 11.1 Å². The molecule has 1 aromatic rings. The Morgan fingerprint density at radius 2 is 2.31 bits per heavy atom. The lowest BCUT2D eigenvalue weighted by Gasteiger charge is -2.00. The predicted molar refractivity (Wildman–Crippen MR) is 53.7 cm³/mol. The van der Waals surface area contributed by atoms with Gasteiger partial charge < -0.3 is 5.73 Å². The van der Waals surface area contributed by atoms with Crippen molar-refractivity contribution >= 4 is 27.4 Å². The third-order valence-corrected chi connectivity index (χ3v) is 2.10. The molecule has 0 saturated heterocycles. The minimum atomic E-state index is -0.114. The Hall–Kier alpha value is -1.34. The molecule has 0 heterocycles. The van der Waals surface area contributed by atoms with E-state index in [-0.39, 0.29) is 11.1 Å². The molecule has 0 aromatic heterocycles. The average molecular weight is 239 g/mol. The Morgan fingerprint density at radius 1 is 1.62 bits per heavy atom. The minimum absolute atomic E-state index is 0.114. The number of ketones is 1. The van der Waals surface area contributed by atoms with Crippen LogP contribution in [0.25, 0.3) is 0 Å². The molecule has 0 bridgehead atoms. The molecule has 0 amide bonds. The fraction of sp³-hybridized carbons (Fsp3) is 0.111. The van der Waals surface area contributed by atoms with Crippen molar-refractivity contribution in [2.75, 3.05) is 11.1 Å². The first-order valence-electron chi connectivity index (χ1n) is 3.58. The van der Waals surface area contributed by atoms with Gasteiger partial charge in [0, 0.05) is 11.3 Å². The lowest BCUT2D eigenvalue weighted by molar-refractivity contribution is 0.102. The summed E-state index contributed by atoms with van der Waals surface area (Å²) in [5, 5.41) is 8.93. The van der Waals surface area contributed by atoms with E-state index >= 15 is 0 Å². The molecule has 4 heteroatoms. The summed E-state index contributed by atoms with van der Waals surface area (Å²) in [5.74, 6) is -0.114. The zero-order chi connectivity index (χ0) is 9.84. The van der Waals surface area contributed by atoms with E-state index in [2.05, 4.69) is 15.9 Å². The van der Waals surface area contributed by atoms with Crippen molar-refractivity contribution in [3.05, 3.63) is 29.3 Å². The summed E-state index contributed by atoms with van der Waals surface area (Å²) in [7, 11) is 0. The fourth-order valence-corrected chi connectivity index (χ4v) is 1.27. The molecule has 0 aliphatic rings. The summed E-state index contributed by atoms with van der Waals surface area (Å²) >= 11 is 3.04. The number of Topliss-reactive ketones (excluding diaryl/α,β-unsaturated/α-hetero) is 1. The number of nitriles is 1. The van der Waals surface area contributed by atoms with E-state index in [1.165, 1.54) is 6.07 Å². The van der Waals surface area contributed by atoms with Crippen molar-refractivity contribution in [3.63, 3.8) is 0 Å². The Kier molecular flexibility index (Phi) is 3.04. The maximum Gasteiger partial charge on any atom is 0.174 e. The van der Waals surface area contributed by atoms with Gasteiger partial charge in [-0.2, -0.15) is 5.26 Å². The Bertz CT molecular complexity index is 382. The van der Waals surface area contributed by atoms with Gasteiger partial charge in [-0.25, -0.2) is 0 Å². The number of hydrogen-bond donors (Lipinski definition) is 1. The van der Waals surface area contributed by atoms with E-state index in [0.29, 0.717) is 16.8 Å². The molecule has 2 N–H and O–H groups in total. The smallest absolute Gasteiger partial charge is 0.174 e. The number of nitrogens with two attached hydrogens (primary N) is 1. The van der Waals surface area contributed by atoms with Crippen LogP contribution in [0, 0.1) is 11.3 Å². The monoisotopic (exact) mass is 238 g/mol. The lowest BCUT2D eigenvalue weighted by Crippen LogP contribution is -2.03. The molecule has 0 fully saturated rings. The number of carbonyl (C=O) groups excluding carboxylic acids is 1. The van der Waals surface area contributed by atoms with Crippen LogP contribution < -0.4 is 5.73 Å². The minimum Gasteiger partial charge on any atom is -0.399 e. The number of carbonyl (C=O) groups is 1. The molecule has 3 nitrogen and oxygen atoms in total. The van der Waals surface area contributed by atoms with Crippen LogP contribution in [0.5, 0.6) is 0 Å². The van der Waals surface area contributed by atoms with Crippen LogP contribution in [0.4, 0.5) is 5.69 Å². The van der Waals surface area contributed by atoms with E-state index in [0.717, 1.165) is 0 Å². The van der Waals surface area contributed by atoms with E-state index in [1.54, 1.807) is 12.1 Å². The van der Waals surface area contributed by atoms with E-state index in [1.807, 2.05) is 6.07 Å². The normalized spacial score (nSPS) is 9.23. The van der Waals surface area contributed by atoms with Crippen molar-refractivity contribution in [3.8, 4) is 6.07 Å². The van der Waals surface area contributed by atoms with Gasteiger partial charge in [0.1, 0.15) is 0 Å². The highest BCUT2D eigenvalue weighted by atomic mass is 79.9. The predicted octanol–water partition coefficient (Wildman–Crippen LogP) is 1.72. The van der Waals surface area contributed by atoms with Crippen molar-refractivity contribution < 1.29 is 4.79 Å². The number of rotatable bonds is 2. The summed E-state index contributed by atoms with van der Waals surface area (Å²) in [6, 6.07) is 6.60. The van der Waals surface area contributed by atoms with Gasteiger partial charge in [-0.05, 0) is 18.2 Å². The highest BCUT2D eigenvalue weighted by molar-refractivity contribution is 9.09. The Morgan fingerprint density at radius 3 is 2.85 bits per heavy atom. The second-order valence-electron chi connectivity index (χ2n) is 2.47. The van der Waals surface area contributed by atoms with Crippen LogP contribution >= 0.6 is 15.9 Å². The van der Waals surface area contributed by atoms with Gasteiger partial charge in [0.05, 0.1) is 17.0 Å². The number of nitrogen functional groups attached to an aromatic ring is 1. The molecular weight excluding hydrogens is 232 g/mol. The van der Waals surface area contributed by atoms with Gasteiger partial charge in [-0.1, -0.05) is 15.9 Å². The first-order chi connectivity index (χ1) is 6.19. The molecule has 0 radical (unpaired) electrons. The van der Waals surface area contributed by atoms with Crippen LogP contribution in [0.2, 0.25) is 0 Å². The first kappa shape index (κ1) is 9.75. The highest BCUT2D eigenvalue weighted by Crippen LogP contribution is 2.13. The largest absolute Gasteiger partial charge is 0.399 e. The third kappa shape index (κ3) is 2.07. The zero-order valence-electron chi connectivity index (χ0n) is 6.75. The van der Waals surface area contributed by atoms with Gasteiger partial charge in [-0.3, -0.25) is 4.79 Å².